The van der Waals surface area contributed by atoms with E-state index in [4.69, 9.17) is 46.9 Å². The van der Waals surface area contributed by atoms with Crippen molar-refractivity contribution in [2.45, 2.75) is 59.0 Å². The number of esters is 5. The Hall–Kier alpha value is -5.54. The van der Waals surface area contributed by atoms with E-state index in [2.05, 4.69) is 20.5 Å². The van der Waals surface area contributed by atoms with Gasteiger partial charge in [0.25, 0.3) is 0 Å². The van der Waals surface area contributed by atoms with Gasteiger partial charge in [-0.1, -0.05) is 53.5 Å². The van der Waals surface area contributed by atoms with E-state index in [0.29, 0.717) is 32.3 Å². The lowest BCUT2D eigenvalue weighted by molar-refractivity contribution is -0.197. The number of fused-ring (bicyclic) bond motifs is 1. The van der Waals surface area contributed by atoms with Crippen LogP contribution in [0.15, 0.2) is 66.2 Å². The van der Waals surface area contributed by atoms with Crippen LogP contribution in [0.5, 0.6) is 0 Å². The number of hydrogen-bond donors (Lipinski definition) is 1. The third-order valence-electron chi connectivity index (χ3n) is 6.93. The molecule has 2 aromatic heterocycles. The van der Waals surface area contributed by atoms with Gasteiger partial charge in [-0.05, 0) is 23.8 Å². The first-order chi connectivity index (χ1) is 24.2. The minimum Gasteiger partial charge on any atom is -0.462 e. The number of ether oxygens (including phenoxy) is 5. The highest BCUT2D eigenvalue weighted by atomic mass is 35.5. The Balaban J connectivity index is 1.81. The average molecular weight is 743 g/mol. The molecule has 0 spiro atoms. The number of hydrazone groups is 1. The molecule has 0 fully saturated rings. The van der Waals surface area contributed by atoms with Crippen LogP contribution in [0.4, 0.5) is 5.82 Å². The van der Waals surface area contributed by atoms with Crippen molar-refractivity contribution in [1.29, 1.82) is 0 Å². The number of nitrogens with one attached hydrogen (secondary N) is 1. The van der Waals surface area contributed by atoms with Crippen molar-refractivity contribution in [3.05, 3.63) is 71.1 Å². The van der Waals surface area contributed by atoms with Gasteiger partial charge in [0, 0.05) is 52.1 Å². The smallest absolute Gasteiger partial charge is 0.303 e. The first kappa shape index (κ1) is 38.3. The first-order valence-corrected chi connectivity index (χ1v) is 16.0. The van der Waals surface area contributed by atoms with E-state index in [1.807, 2.05) is 36.5 Å². The molecule has 0 aliphatic carbocycles. The average Bonchev–Trinajstić information content (AvgIpc) is 3.46. The Morgan fingerprint density at radius 1 is 0.804 bits per heavy atom. The summed E-state index contributed by atoms with van der Waals surface area (Å²) >= 11 is 12.5. The molecular formula is C34H33Cl2N5O10. The highest BCUT2D eigenvalue weighted by Gasteiger charge is 2.43. The molecule has 0 aliphatic heterocycles. The van der Waals surface area contributed by atoms with Crippen molar-refractivity contribution in [3.8, 4) is 16.8 Å². The summed E-state index contributed by atoms with van der Waals surface area (Å²) in [5.74, 6) is -3.93. The fraction of sp³-hybridized carbons (Fsp3) is 0.294. The molecule has 0 saturated carbocycles. The predicted octanol–water partition coefficient (Wildman–Crippen LogP) is 5.08. The molecule has 4 atom stereocenters. The molecule has 0 amide bonds. The van der Waals surface area contributed by atoms with Crippen LogP contribution in [0, 0.1) is 0 Å². The van der Waals surface area contributed by atoms with Gasteiger partial charge < -0.3 is 28.3 Å². The summed E-state index contributed by atoms with van der Waals surface area (Å²) in [6.07, 6.45) is -2.09. The second-order valence-electron chi connectivity index (χ2n) is 10.9. The van der Waals surface area contributed by atoms with Crippen LogP contribution in [0.1, 0.15) is 34.6 Å². The van der Waals surface area contributed by atoms with Crippen molar-refractivity contribution >= 4 is 76.1 Å². The summed E-state index contributed by atoms with van der Waals surface area (Å²) < 4.78 is 28.5. The van der Waals surface area contributed by atoms with E-state index in [-0.39, 0.29) is 5.82 Å². The van der Waals surface area contributed by atoms with E-state index in [0.717, 1.165) is 46.4 Å². The maximum absolute atomic E-state index is 12.3. The molecule has 4 rings (SSSR count). The van der Waals surface area contributed by atoms with Crippen molar-refractivity contribution in [2.75, 3.05) is 12.0 Å². The van der Waals surface area contributed by atoms with Gasteiger partial charge in [-0.25, -0.2) is 9.97 Å². The Morgan fingerprint density at radius 3 is 2.06 bits per heavy atom. The third kappa shape index (κ3) is 10.2. The monoisotopic (exact) mass is 741 g/mol. The molecule has 4 aromatic rings. The Bertz CT molecular complexity index is 1950. The summed E-state index contributed by atoms with van der Waals surface area (Å²) in [6, 6.07) is 14.5. The second kappa shape index (κ2) is 17.4. The van der Waals surface area contributed by atoms with Gasteiger partial charge in [-0.2, -0.15) is 5.10 Å². The quantitative estimate of drug-likeness (QED) is 0.0781. The highest BCUT2D eigenvalue weighted by Crippen LogP contribution is 2.36. The second-order valence-corrected chi connectivity index (χ2v) is 11.7. The van der Waals surface area contributed by atoms with Crippen LogP contribution in [0.2, 0.25) is 10.0 Å². The predicted molar refractivity (Wildman–Crippen MR) is 185 cm³/mol. The number of carbonyl (C=O) groups is 5. The Morgan fingerprint density at radius 2 is 1.45 bits per heavy atom. The fourth-order valence-electron chi connectivity index (χ4n) is 5.03. The number of halogens is 2. The van der Waals surface area contributed by atoms with E-state index < -0.39 is 60.9 Å². The SMILES string of the molecule is CC(=O)OC[C@@H](OC(C)=O)[C@@H](OC(C)=O)[C@H](OC(C)=O)[C@H](/C=N/Nc1ncnc2c1c(-c1ccccc1)cn2-c1ccc(Cl)c(Cl)c1)OC(C)=O. The van der Waals surface area contributed by atoms with Gasteiger partial charge in [0.2, 0.25) is 0 Å². The Labute approximate surface area is 301 Å². The van der Waals surface area contributed by atoms with Crippen LogP contribution in [-0.2, 0) is 47.7 Å². The molecule has 0 radical (unpaired) electrons. The van der Waals surface area contributed by atoms with Crippen molar-refractivity contribution < 1.29 is 47.7 Å². The molecule has 15 nitrogen and oxygen atoms in total. The number of nitrogens with zero attached hydrogens (tertiary/aromatic N) is 4. The Kier molecular flexibility index (Phi) is 13.1. The van der Waals surface area contributed by atoms with E-state index in [9.17, 15) is 24.0 Å². The van der Waals surface area contributed by atoms with Gasteiger partial charge in [0.15, 0.2) is 35.9 Å². The van der Waals surface area contributed by atoms with Gasteiger partial charge in [0.1, 0.15) is 12.9 Å². The normalized spacial score (nSPS) is 13.5. The van der Waals surface area contributed by atoms with E-state index in [1.54, 1.807) is 22.8 Å². The maximum atomic E-state index is 12.3. The molecule has 1 N–H and O–H groups in total. The standard InChI is InChI=1S/C34H33Cl2N5O10/c1-18(42)47-16-29(49-20(3)44)32(51-22(5)46)31(50-21(4)45)28(48-19(2)43)14-39-40-33-30-25(23-9-7-6-8-10-23)15-41(34(30)38-17-37-33)24-11-12-26(35)27(36)13-24/h6-15,17,28-29,31-32H,16H2,1-5H3,(H,37,38,40)/b39-14+/t28-,29+,31+,32+/m0/s1. The molecule has 0 bridgehead atoms. The van der Waals surface area contributed by atoms with Crippen LogP contribution in [0.25, 0.3) is 27.8 Å². The van der Waals surface area contributed by atoms with Gasteiger partial charge in [-0.15, -0.1) is 0 Å². The zero-order valence-electron chi connectivity index (χ0n) is 28.0. The number of rotatable bonds is 14. The molecule has 0 unspecified atom stereocenters. The molecule has 2 heterocycles. The topological polar surface area (TPSA) is 187 Å². The fourth-order valence-corrected chi connectivity index (χ4v) is 5.32. The van der Waals surface area contributed by atoms with E-state index in [1.165, 1.54) is 6.33 Å². The molecule has 2 aromatic carbocycles. The highest BCUT2D eigenvalue weighted by molar-refractivity contribution is 6.42. The molecule has 0 aliphatic rings. The lowest BCUT2D eigenvalue weighted by atomic mass is 10.0. The minimum atomic E-state index is -1.65. The molecule has 17 heteroatoms. The number of benzene rings is 2. The molecule has 51 heavy (non-hydrogen) atoms. The lowest BCUT2D eigenvalue weighted by Crippen LogP contribution is -2.53. The zero-order valence-corrected chi connectivity index (χ0v) is 29.5. The summed E-state index contributed by atoms with van der Waals surface area (Å²) in [7, 11) is 0. The van der Waals surface area contributed by atoms with Crippen LogP contribution in [0.3, 0.4) is 0 Å². The first-order valence-electron chi connectivity index (χ1n) is 15.2. The molecule has 0 saturated heterocycles. The van der Waals surface area contributed by atoms with Crippen LogP contribution < -0.4 is 5.43 Å². The summed E-state index contributed by atoms with van der Waals surface area (Å²) in [4.78, 5) is 69.4. The zero-order chi connectivity index (χ0) is 37.2. The van der Waals surface area contributed by atoms with Crippen molar-refractivity contribution in [3.63, 3.8) is 0 Å². The van der Waals surface area contributed by atoms with Crippen LogP contribution >= 0.6 is 23.2 Å². The summed E-state index contributed by atoms with van der Waals surface area (Å²) in [5.41, 5.74) is 5.51. The number of carbonyl (C=O) groups excluding carboxylic acids is 5. The van der Waals surface area contributed by atoms with Gasteiger partial charge in [0.05, 0.1) is 21.6 Å². The van der Waals surface area contributed by atoms with Gasteiger partial charge >= 0.3 is 29.8 Å². The van der Waals surface area contributed by atoms with Gasteiger partial charge in [-0.3, -0.25) is 29.4 Å². The van der Waals surface area contributed by atoms with Crippen molar-refractivity contribution in [1.82, 2.24) is 14.5 Å². The van der Waals surface area contributed by atoms with Crippen LogP contribution in [-0.4, -0.2) is 81.6 Å². The number of aromatic nitrogens is 3. The molecule has 268 valence electrons. The third-order valence-corrected chi connectivity index (χ3v) is 7.67. The maximum Gasteiger partial charge on any atom is 0.303 e. The number of anilines is 1. The largest absolute Gasteiger partial charge is 0.462 e. The van der Waals surface area contributed by atoms with Crippen molar-refractivity contribution in [2.24, 2.45) is 5.10 Å². The summed E-state index contributed by atoms with van der Waals surface area (Å²) in [6.45, 7) is 4.80. The molecular weight excluding hydrogens is 709 g/mol. The number of hydrogen-bond acceptors (Lipinski definition) is 14. The minimum absolute atomic E-state index is 0.226. The summed E-state index contributed by atoms with van der Waals surface area (Å²) in [5, 5.41) is 5.51. The van der Waals surface area contributed by atoms with E-state index >= 15 is 0 Å². The lowest BCUT2D eigenvalue weighted by Gasteiger charge is -2.34.